The van der Waals surface area contributed by atoms with Crippen LogP contribution >= 0.6 is 0 Å². The second-order valence-electron chi connectivity index (χ2n) is 4.78. The molecule has 0 aliphatic carbocycles. The minimum Gasteiger partial charge on any atom is -0.285 e. The van der Waals surface area contributed by atoms with E-state index in [1.54, 1.807) is 36.4 Å². The first-order chi connectivity index (χ1) is 9.74. The Kier molecular flexibility index (Phi) is 4.83. The van der Waals surface area contributed by atoms with Gasteiger partial charge in [0.05, 0.1) is 0 Å². The van der Waals surface area contributed by atoms with Gasteiger partial charge < -0.3 is 0 Å². The lowest BCUT2D eigenvalue weighted by atomic mass is 9.95. The second-order valence-corrected chi connectivity index (χ2v) is 4.78. The first-order valence-corrected chi connectivity index (χ1v) is 6.96. The van der Waals surface area contributed by atoms with E-state index >= 15 is 0 Å². The van der Waals surface area contributed by atoms with Crippen LogP contribution in [0.3, 0.4) is 0 Å². The molecule has 2 heteroatoms. The van der Waals surface area contributed by atoms with Gasteiger partial charge in [-0.2, -0.15) is 0 Å². The standard InChI is InChI=1S/C18H18O2/c1-2-3-9-14-10-7-8-13-16(14)18(20)17(19)15-11-5-4-6-12-15/h4-8,10-13H,2-3,9H2,1H3. The van der Waals surface area contributed by atoms with Crippen molar-refractivity contribution in [3.8, 4) is 0 Å². The Morgan fingerprint density at radius 3 is 2.20 bits per heavy atom. The zero-order valence-corrected chi connectivity index (χ0v) is 11.6. The Morgan fingerprint density at radius 2 is 1.50 bits per heavy atom. The van der Waals surface area contributed by atoms with Gasteiger partial charge in [-0.15, -0.1) is 0 Å². The van der Waals surface area contributed by atoms with Crippen LogP contribution in [0.15, 0.2) is 54.6 Å². The van der Waals surface area contributed by atoms with Gasteiger partial charge in [0.1, 0.15) is 0 Å². The predicted octanol–water partition coefficient (Wildman–Crippen LogP) is 4.09. The number of Topliss-reactive ketones (excluding diaryl/α,β-unsaturated/α-hetero) is 2. The monoisotopic (exact) mass is 266 g/mol. The molecule has 0 aromatic heterocycles. The lowest BCUT2D eigenvalue weighted by Gasteiger charge is -2.07. The topological polar surface area (TPSA) is 34.1 Å². The van der Waals surface area contributed by atoms with E-state index in [1.165, 1.54) is 0 Å². The fraction of sp³-hybridized carbons (Fsp3) is 0.222. The van der Waals surface area contributed by atoms with Crippen molar-refractivity contribution in [2.24, 2.45) is 0 Å². The van der Waals surface area contributed by atoms with Gasteiger partial charge in [0.15, 0.2) is 0 Å². The summed E-state index contributed by atoms with van der Waals surface area (Å²) in [6.07, 6.45) is 2.92. The third-order valence-corrected chi connectivity index (χ3v) is 3.30. The number of aryl methyl sites for hydroxylation is 1. The van der Waals surface area contributed by atoms with E-state index < -0.39 is 11.6 Å². The minimum absolute atomic E-state index is 0.414. The molecule has 2 rings (SSSR count). The summed E-state index contributed by atoms with van der Waals surface area (Å²) in [5.74, 6) is -0.850. The molecule has 0 bridgehead atoms. The molecular formula is C18H18O2. The first kappa shape index (κ1) is 14.2. The van der Waals surface area contributed by atoms with Crippen LogP contribution in [0.1, 0.15) is 46.0 Å². The Labute approximate surface area is 119 Å². The van der Waals surface area contributed by atoms with Crippen molar-refractivity contribution in [3.63, 3.8) is 0 Å². The van der Waals surface area contributed by atoms with E-state index in [2.05, 4.69) is 6.92 Å². The van der Waals surface area contributed by atoms with Crippen molar-refractivity contribution in [1.29, 1.82) is 0 Å². The molecule has 2 aromatic carbocycles. The van der Waals surface area contributed by atoms with Gasteiger partial charge in [-0.3, -0.25) is 9.59 Å². The van der Waals surface area contributed by atoms with Crippen LogP contribution < -0.4 is 0 Å². The van der Waals surface area contributed by atoms with Gasteiger partial charge in [-0.05, 0) is 18.4 Å². The minimum atomic E-state index is -0.436. The van der Waals surface area contributed by atoms with E-state index in [4.69, 9.17) is 0 Å². The van der Waals surface area contributed by atoms with Crippen molar-refractivity contribution in [2.45, 2.75) is 26.2 Å². The van der Waals surface area contributed by atoms with Crippen molar-refractivity contribution in [2.75, 3.05) is 0 Å². The van der Waals surface area contributed by atoms with E-state index in [0.29, 0.717) is 11.1 Å². The van der Waals surface area contributed by atoms with E-state index in [-0.39, 0.29) is 0 Å². The molecule has 20 heavy (non-hydrogen) atoms. The molecule has 0 saturated heterocycles. The van der Waals surface area contributed by atoms with Crippen molar-refractivity contribution < 1.29 is 9.59 Å². The molecule has 0 heterocycles. The predicted molar refractivity (Wildman–Crippen MR) is 80.2 cm³/mol. The highest BCUT2D eigenvalue weighted by Gasteiger charge is 2.20. The van der Waals surface area contributed by atoms with Gasteiger partial charge >= 0.3 is 0 Å². The highest BCUT2D eigenvalue weighted by Crippen LogP contribution is 2.15. The van der Waals surface area contributed by atoms with Gasteiger partial charge in [0.2, 0.25) is 11.6 Å². The average molecular weight is 266 g/mol. The average Bonchev–Trinajstić information content (AvgIpc) is 2.52. The molecular weight excluding hydrogens is 248 g/mol. The number of hydrogen-bond donors (Lipinski definition) is 0. The fourth-order valence-corrected chi connectivity index (χ4v) is 2.17. The molecule has 0 spiro atoms. The molecule has 2 nitrogen and oxygen atoms in total. The van der Waals surface area contributed by atoms with Crippen LogP contribution in [-0.4, -0.2) is 11.6 Å². The fourth-order valence-electron chi connectivity index (χ4n) is 2.17. The molecule has 102 valence electrons. The summed E-state index contributed by atoms with van der Waals surface area (Å²) in [7, 11) is 0. The van der Waals surface area contributed by atoms with Gasteiger partial charge in [0.25, 0.3) is 0 Å². The third kappa shape index (κ3) is 3.21. The number of ketones is 2. The van der Waals surface area contributed by atoms with Gasteiger partial charge in [0, 0.05) is 11.1 Å². The SMILES string of the molecule is CCCCc1ccccc1C(=O)C(=O)c1ccccc1. The van der Waals surface area contributed by atoms with Crippen LogP contribution in [0.4, 0.5) is 0 Å². The molecule has 0 fully saturated rings. The van der Waals surface area contributed by atoms with Crippen LogP contribution in [0, 0.1) is 0 Å². The zero-order chi connectivity index (χ0) is 14.4. The summed E-state index contributed by atoms with van der Waals surface area (Å²) in [4.78, 5) is 24.6. The molecule has 2 aromatic rings. The van der Waals surface area contributed by atoms with Crippen LogP contribution in [0.25, 0.3) is 0 Å². The number of unbranched alkanes of at least 4 members (excludes halogenated alkanes) is 1. The maximum atomic E-state index is 12.4. The summed E-state index contributed by atoms with van der Waals surface area (Å²) < 4.78 is 0. The molecule has 0 saturated carbocycles. The molecule has 0 radical (unpaired) electrons. The number of carbonyl (C=O) groups is 2. The Hall–Kier alpha value is -2.22. The quantitative estimate of drug-likeness (QED) is 0.583. The lowest BCUT2D eigenvalue weighted by Crippen LogP contribution is -2.16. The zero-order valence-electron chi connectivity index (χ0n) is 11.6. The highest BCUT2D eigenvalue weighted by molar-refractivity contribution is 6.49. The molecule has 0 unspecified atom stereocenters. The molecule has 0 atom stereocenters. The summed E-state index contributed by atoms with van der Waals surface area (Å²) >= 11 is 0. The number of carbonyl (C=O) groups excluding carboxylic acids is 2. The van der Waals surface area contributed by atoms with Crippen LogP contribution in [0.2, 0.25) is 0 Å². The lowest BCUT2D eigenvalue weighted by molar-refractivity contribution is 0.0816. The van der Waals surface area contributed by atoms with Gasteiger partial charge in [-0.25, -0.2) is 0 Å². The van der Waals surface area contributed by atoms with E-state index in [1.807, 2.05) is 18.2 Å². The number of rotatable bonds is 6. The van der Waals surface area contributed by atoms with Crippen molar-refractivity contribution in [3.05, 3.63) is 71.3 Å². The molecule has 0 aliphatic heterocycles. The Morgan fingerprint density at radius 1 is 0.850 bits per heavy atom. The number of hydrogen-bond acceptors (Lipinski definition) is 2. The maximum absolute atomic E-state index is 12.4. The highest BCUT2D eigenvalue weighted by atomic mass is 16.2. The van der Waals surface area contributed by atoms with Gasteiger partial charge in [-0.1, -0.05) is 67.9 Å². The second kappa shape index (κ2) is 6.80. The normalized spacial score (nSPS) is 10.2. The molecule has 0 amide bonds. The van der Waals surface area contributed by atoms with E-state index in [9.17, 15) is 9.59 Å². The largest absolute Gasteiger partial charge is 0.285 e. The third-order valence-electron chi connectivity index (χ3n) is 3.30. The molecule has 0 aliphatic rings. The first-order valence-electron chi connectivity index (χ1n) is 6.96. The summed E-state index contributed by atoms with van der Waals surface area (Å²) in [6.45, 7) is 2.11. The molecule has 0 N–H and O–H groups in total. The van der Waals surface area contributed by atoms with Crippen molar-refractivity contribution >= 4 is 11.6 Å². The van der Waals surface area contributed by atoms with Crippen LogP contribution in [-0.2, 0) is 6.42 Å². The summed E-state index contributed by atoms with van der Waals surface area (Å²) in [6, 6.07) is 16.1. The Bertz CT molecular complexity index is 600. The van der Waals surface area contributed by atoms with Crippen molar-refractivity contribution in [1.82, 2.24) is 0 Å². The Balaban J connectivity index is 2.27. The smallest absolute Gasteiger partial charge is 0.233 e. The van der Waals surface area contributed by atoms with E-state index in [0.717, 1.165) is 24.8 Å². The van der Waals surface area contributed by atoms with Crippen LogP contribution in [0.5, 0.6) is 0 Å². The number of benzene rings is 2. The summed E-state index contributed by atoms with van der Waals surface area (Å²) in [5.41, 5.74) is 1.95. The maximum Gasteiger partial charge on any atom is 0.233 e. The summed E-state index contributed by atoms with van der Waals surface area (Å²) in [5, 5.41) is 0.